The maximum Gasteiger partial charge on any atom is 0.419 e. The summed E-state index contributed by atoms with van der Waals surface area (Å²) in [7, 11) is -3.94. The van der Waals surface area contributed by atoms with Crippen molar-refractivity contribution in [2.24, 2.45) is 0 Å². The number of carbonyl (C=O) groups excluding carboxylic acids is 1. The van der Waals surface area contributed by atoms with Gasteiger partial charge in [0.15, 0.2) is 21.1 Å². The van der Waals surface area contributed by atoms with Crippen LogP contribution in [0.5, 0.6) is 0 Å². The Morgan fingerprint density at radius 2 is 1.97 bits per heavy atom. The molecule has 2 aromatic rings. The summed E-state index contributed by atoms with van der Waals surface area (Å²) < 4.78 is 64.1. The van der Waals surface area contributed by atoms with E-state index < -0.39 is 50.2 Å². The van der Waals surface area contributed by atoms with Gasteiger partial charge in [0.2, 0.25) is 0 Å². The minimum atomic E-state index is -4.93. The number of amides is 1. The fourth-order valence-corrected chi connectivity index (χ4v) is 4.49. The number of sulfone groups is 1. The van der Waals surface area contributed by atoms with Crippen molar-refractivity contribution in [3.63, 3.8) is 0 Å². The number of nitrogens with one attached hydrogen (secondary N) is 1. The van der Waals surface area contributed by atoms with E-state index in [1.165, 1.54) is 18.2 Å². The molecule has 2 N–H and O–H groups in total. The van der Waals surface area contributed by atoms with Gasteiger partial charge in [-0.05, 0) is 18.6 Å². The first-order valence-corrected chi connectivity index (χ1v) is 10.9. The van der Waals surface area contributed by atoms with Gasteiger partial charge < -0.3 is 10.4 Å². The fraction of sp³-hybridized carbons (Fsp3) is 0.333. The van der Waals surface area contributed by atoms with Crippen LogP contribution in [0, 0.1) is 11.3 Å². The van der Waals surface area contributed by atoms with E-state index in [1.807, 2.05) is 5.32 Å². The third kappa shape index (κ3) is 5.90. The van der Waals surface area contributed by atoms with Crippen LogP contribution < -0.4 is 5.32 Å². The van der Waals surface area contributed by atoms with Gasteiger partial charge in [-0.25, -0.2) is 18.4 Å². The number of aromatic nitrogens is 2. The zero-order valence-electron chi connectivity index (χ0n) is 15.9. The van der Waals surface area contributed by atoms with Crippen molar-refractivity contribution >= 4 is 33.0 Å². The summed E-state index contributed by atoms with van der Waals surface area (Å²) in [5.41, 5.74) is -5.72. The predicted octanol–water partition coefficient (Wildman–Crippen LogP) is 2.67. The summed E-state index contributed by atoms with van der Waals surface area (Å²) in [6.45, 7) is 1.58. The van der Waals surface area contributed by atoms with Gasteiger partial charge in [-0.2, -0.15) is 18.4 Å². The molecule has 2 heterocycles. The predicted molar refractivity (Wildman–Crippen MR) is 105 cm³/mol. The van der Waals surface area contributed by atoms with Crippen LogP contribution in [0.3, 0.4) is 0 Å². The molecular formula is C18H16ClF3N4O4S. The Morgan fingerprint density at radius 1 is 1.29 bits per heavy atom. The number of hydrogen-bond acceptors (Lipinski definition) is 7. The Kier molecular flexibility index (Phi) is 7.25. The van der Waals surface area contributed by atoms with Gasteiger partial charge in [0, 0.05) is 11.8 Å². The average molecular weight is 477 g/mol. The summed E-state index contributed by atoms with van der Waals surface area (Å²) >= 11 is 5.69. The molecule has 0 aliphatic heterocycles. The monoisotopic (exact) mass is 476 g/mol. The highest BCUT2D eigenvalue weighted by Crippen LogP contribution is 2.33. The Morgan fingerprint density at radius 3 is 2.48 bits per heavy atom. The molecular weight excluding hydrogens is 461 g/mol. The Labute approximate surface area is 180 Å². The number of aliphatic hydroxyl groups is 1. The molecule has 1 atom stereocenters. The van der Waals surface area contributed by atoms with Crippen molar-refractivity contribution in [1.82, 2.24) is 9.97 Å². The number of nitrogens with zero attached hydrogens (tertiary/aromatic N) is 3. The van der Waals surface area contributed by atoms with Gasteiger partial charge in [-0.3, -0.25) is 4.79 Å². The summed E-state index contributed by atoms with van der Waals surface area (Å²) in [4.78, 5) is 19.9. The van der Waals surface area contributed by atoms with Crippen molar-refractivity contribution < 1.29 is 31.5 Å². The molecule has 0 fully saturated rings. The number of rotatable bonds is 7. The summed E-state index contributed by atoms with van der Waals surface area (Å²) in [6.07, 6.45) is -2.94. The van der Waals surface area contributed by atoms with Crippen LogP contribution in [-0.2, 0) is 26.4 Å². The lowest BCUT2D eigenvalue weighted by molar-refractivity contribution is -0.138. The largest absolute Gasteiger partial charge is 0.419 e. The van der Waals surface area contributed by atoms with Crippen LogP contribution in [0.1, 0.15) is 30.2 Å². The zero-order valence-corrected chi connectivity index (χ0v) is 17.5. The van der Waals surface area contributed by atoms with Crippen molar-refractivity contribution in [1.29, 1.82) is 5.26 Å². The second-order valence-electron chi connectivity index (χ2n) is 6.51. The fourth-order valence-electron chi connectivity index (χ4n) is 2.67. The standard InChI is InChI=1S/C18H16ClF3N4O4S/c1-2-5-31(29,30)10-17(28,11-3-4-15(19)25-8-11)16(27)26-12-6-13(18(20,21)22)14(7-23)24-9-12/h3-4,6,8-9,28H,2,5,10H2,1H3,(H,26,27). The molecule has 1 unspecified atom stereocenters. The Bertz CT molecular complexity index is 1120. The third-order valence-corrected chi connectivity index (χ3v) is 6.19. The van der Waals surface area contributed by atoms with Gasteiger partial charge >= 0.3 is 6.18 Å². The lowest BCUT2D eigenvalue weighted by atomic mass is 9.96. The number of pyridine rings is 2. The molecule has 0 aromatic carbocycles. The SMILES string of the molecule is CCCS(=O)(=O)CC(O)(C(=O)Nc1cnc(C#N)c(C(F)(F)F)c1)c1ccc(Cl)nc1. The molecule has 0 saturated carbocycles. The third-order valence-electron chi connectivity index (χ3n) is 4.08. The number of nitriles is 1. The molecule has 0 radical (unpaired) electrons. The van der Waals surface area contributed by atoms with E-state index in [0.717, 1.165) is 12.4 Å². The van der Waals surface area contributed by atoms with Gasteiger partial charge in [0.05, 0.1) is 29.0 Å². The average Bonchev–Trinajstić information content (AvgIpc) is 2.67. The van der Waals surface area contributed by atoms with Crippen molar-refractivity contribution in [3.05, 3.63) is 52.6 Å². The molecule has 166 valence electrons. The maximum atomic E-state index is 13.1. The highest BCUT2D eigenvalue weighted by atomic mass is 35.5. The topological polar surface area (TPSA) is 133 Å². The van der Waals surface area contributed by atoms with E-state index in [0.29, 0.717) is 6.07 Å². The molecule has 31 heavy (non-hydrogen) atoms. The van der Waals surface area contributed by atoms with Crippen molar-refractivity contribution in [2.75, 3.05) is 16.8 Å². The lowest BCUT2D eigenvalue weighted by Crippen LogP contribution is -2.46. The van der Waals surface area contributed by atoms with Gasteiger partial charge in [-0.1, -0.05) is 24.6 Å². The van der Waals surface area contributed by atoms with E-state index in [-0.39, 0.29) is 22.9 Å². The molecule has 1 amide bonds. The second kappa shape index (κ2) is 9.17. The highest BCUT2D eigenvalue weighted by molar-refractivity contribution is 7.91. The molecule has 0 saturated heterocycles. The molecule has 2 rings (SSSR count). The minimum Gasteiger partial charge on any atom is -0.374 e. The molecule has 8 nitrogen and oxygen atoms in total. The first-order valence-electron chi connectivity index (χ1n) is 8.66. The smallest absolute Gasteiger partial charge is 0.374 e. The molecule has 0 bridgehead atoms. The van der Waals surface area contributed by atoms with Crippen molar-refractivity contribution in [3.8, 4) is 6.07 Å². The van der Waals surface area contributed by atoms with Gasteiger partial charge in [0.1, 0.15) is 11.2 Å². The van der Waals surface area contributed by atoms with Crippen molar-refractivity contribution in [2.45, 2.75) is 25.1 Å². The van der Waals surface area contributed by atoms with Gasteiger partial charge in [0.25, 0.3) is 5.91 Å². The Balaban J connectivity index is 2.49. The highest BCUT2D eigenvalue weighted by Gasteiger charge is 2.43. The van der Waals surface area contributed by atoms with Gasteiger partial charge in [-0.15, -0.1) is 0 Å². The molecule has 0 spiro atoms. The molecule has 13 heteroatoms. The van der Waals surface area contributed by atoms with Crippen LogP contribution in [0.15, 0.2) is 30.6 Å². The minimum absolute atomic E-state index is 0.00837. The van der Waals surface area contributed by atoms with Crippen LogP contribution in [0.4, 0.5) is 18.9 Å². The maximum absolute atomic E-state index is 13.1. The van der Waals surface area contributed by atoms with E-state index in [4.69, 9.17) is 16.9 Å². The zero-order chi connectivity index (χ0) is 23.4. The molecule has 0 aliphatic carbocycles. The second-order valence-corrected chi connectivity index (χ2v) is 9.08. The number of carbonyl (C=O) groups is 1. The lowest BCUT2D eigenvalue weighted by Gasteiger charge is -2.27. The molecule has 2 aromatic heterocycles. The number of anilines is 1. The Hall–Kier alpha value is -2.75. The van der Waals surface area contributed by atoms with Crippen LogP contribution in [-0.4, -0.2) is 40.9 Å². The van der Waals surface area contributed by atoms with E-state index in [9.17, 15) is 31.5 Å². The summed E-state index contributed by atoms with van der Waals surface area (Å²) in [5.74, 6) is -2.70. The number of halogens is 4. The van der Waals surface area contributed by atoms with Crippen LogP contribution in [0.25, 0.3) is 0 Å². The number of hydrogen-bond donors (Lipinski definition) is 2. The normalized spacial score (nSPS) is 13.8. The summed E-state index contributed by atoms with van der Waals surface area (Å²) in [5, 5.41) is 21.9. The van der Waals surface area contributed by atoms with E-state index in [1.54, 1.807) is 6.92 Å². The van der Waals surface area contributed by atoms with E-state index >= 15 is 0 Å². The molecule has 0 aliphatic rings. The first kappa shape index (κ1) is 24.5. The first-order chi connectivity index (χ1) is 14.3. The van der Waals surface area contributed by atoms with E-state index in [2.05, 4.69) is 9.97 Å². The number of alkyl halides is 3. The van der Waals surface area contributed by atoms with Crippen LogP contribution in [0.2, 0.25) is 5.15 Å². The van der Waals surface area contributed by atoms with Crippen LogP contribution >= 0.6 is 11.6 Å². The quantitative estimate of drug-likeness (QED) is 0.587. The summed E-state index contributed by atoms with van der Waals surface area (Å²) in [6, 6.07) is 4.15.